The van der Waals surface area contributed by atoms with Crippen LogP contribution in [0.2, 0.25) is 0 Å². The molecule has 0 fully saturated rings. The molecule has 0 N–H and O–H groups in total. The lowest BCUT2D eigenvalue weighted by molar-refractivity contribution is -0.143. The van der Waals surface area contributed by atoms with Gasteiger partial charge in [-0.15, -0.1) is 0 Å². The van der Waals surface area contributed by atoms with Crippen molar-refractivity contribution < 1.29 is 14.3 Å². The first kappa shape index (κ1) is 12.4. The molecule has 0 unspecified atom stereocenters. The van der Waals surface area contributed by atoms with E-state index < -0.39 is 5.41 Å². The van der Waals surface area contributed by atoms with Crippen molar-refractivity contribution in [2.75, 3.05) is 0 Å². The van der Waals surface area contributed by atoms with Crippen molar-refractivity contribution in [1.82, 2.24) is 0 Å². The average Bonchev–Trinajstić information content (AvgIpc) is 2.16. The van der Waals surface area contributed by atoms with E-state index in [1.54, 1.807) is 45.0 Å². The first-order chi connectivity index (χ1) is 7.30. The highest BCUT2D eigenvalue weighted by Crippen LogP contribution is 2.20. The number of rotatable bonds is 2. The van der Waals surface area contributed by atoms with Gasteiger partial charge in [-0.2, -0.15) is 0 Å². The Labute approximate surface area is 95.4 Å². The Bertz CT molecular complexity index is 413. The summed E-state index contributed by atoms with van der Waals surface area (Å²) >= 11 is 0. The van der Waals surface area contributed by atoms with Crippen LogP contribution in [0.3, 0.4) is 0 Å². The molecule has 16 heavy (non-hydrogen) atoms. The van der Waals surface area contributed by atoms with Gasteiger partial charge in [-0.25, -0.2) is 0 Å². The van der Waals surface area contributed by atoms with Gasteiger partial charge in [0.1, 0.15) is 5.75 Å². The van der Waals surface area contributed by atoms with E-state index >= 15 is 0 Å². The molecule has 0 bridgehead atoms. The van der Waals surface area contributed by atoms with E-state index in [4.69, 9.17) is 4.74 Å². The Morgan fingerprint density at radius 1 is 1.19 bits per heavy atom. The standard InChI is InChI=1S/C13H16O3/c1-9(14)10-6-5-7-11(8-10)16-12(15)13(2,3)4/h5-8H,1-4H3. The van der Waals surface area contributed by atoms with Crippen LogP contribution in [-0.2, 0) is 4.79 Å². The molecule has 0 aliphatic carbocycles. The Morgan fingerprint density at radius 3 is 2.31 bits per heavy atom. The molecule has 0 aliphatic heterocycles. The predicted octanol–water partition coefficient (Wildman–Crippen LogP) is 2.84. The van der Waals surface area contributed by atoms with E-state index in [-0.39, 0.29) is 11.8 Å². The molecular formula is C13H16O3. The highest BCUT2D eigenvalue weighted by Gasteiger charge is 2.23. The molecule has 1 aromatic carbocycles. The normalized spacial score (nSPS) is 11.0. The lowest BCUT2D eigenvalue weighted by Gasteiger charge is -2.16. The second-order valence-electron chi connectivity index (χ2n) is 4.72. The van der Waals surface area contributed by atoms with Gasteiger partial charge in [-0.1, -0.05) is 12.1 Å². The van der Waals surface area contributed by atoms with Crippen LogP contribution in [0.5, 0.6) is 5.75 Å². The van der Waals surface area contributed by atoms with Crippen LogP contribution >= 0.6 is 0 Å². The van der Waals surface area contributed by atoms with Gasteiger partial charge in [-0.3, -0.25) is 9.59 Å². The maximum atomic E-state index is 11.6. The fourth-order valence-corrected chi connectivity index (χ4v) is 1.04. The zero-order chi connectivity index (χ0) is 12.3. The molecule has 0 heterocycles. The topological polar surface area (TPSA) is 43.4 Å². The largest absolute Gasteiger partial charge is 0.426 e. The molecule has 0 amide bonds. The third-order valence-electron chi connectivity index (χ3n) is 2.06. The summed E-state index contributed by atoms with van der Waals surface area (Å²) < 4.78 is 5.18. The Balaban J connectivity index is 2.87. The fourth-order valence-electron chi connectivity index (χ4n) is 1.04. The maximum absolute atomic E-state index is 11.6. The van der Waals surface area contributed by atoms with Gasteiger partial charge in [0.25, 0.3) is 0 Å². The van der Waals surface area contributed by atoms with Crippen LogP contribution in [0, 0.1) is 5.41 Å². The molecule has 0 radical (unpaired) electrons. The van der Waals surface area contributed by atoms with E-state index in [1.165, 1.54) is 6.92 Å². The van der Waals surface area contributed by atoms with Gasteiger partial charge in [0.2, 0.25) is 0 Å². The summed E-state index contributed by atoms with van der Waals surface area (Å²) in [4.78, 5) is 22.7. The number of hydrogen-bond donors (Lipinski definition) is 0. The monoisotopic (exact) mass is 220 g/mol. The van der Waals surface area contributed by atoms with Crippen molar-refractivity contribution in [3.05, 3.63) is 29.8 Å². The summed E-state index contributed by atoms with van der Waals surface area (Å²) in [5, 5.41) is 0. The minimum atomic E-state index is -0.549. The lowest BCUT2D eigenvalue weighted by atomic mass is 9.97. The van der Waals surface area contributed by atoms with E-state index in [0.29, 0.717) is 11.3 Å². The van der Waals surface area contributed by atoms with E-state index in [0.717, 1.165) is 0 Å². The first-order valence-electron chi connectivity index (χ1n) is 5.14. The molecule has 1 rings (SSSR count). The Hall–Kier alpha value is -1.64. The Morgan fingerprint density at radius 2 is 1.81 bits per heavy atom. The molecule has 0 saturated heterocycles. The second kappa shape index (κ2) is 4.47. The summed E-state index contributed by atoms with van der Waals surface area (Å²) in [6.07, 6.45) is 0. The minimum absolute atomic E-state index is 0.0475. The number of carbonyl (C=O) groups excluding carboxylic acids is 2. The summed E-state index contributed by atoms with van der Waals surface area (Å²) in [6.45, 7) is 6.82. The molecule has 0 saturated carbocycles. The molecule has 1 aromatic rings. The van der Waals surface area contributed by atoms with Crippen LogP contribution in [0.25, 0.3) is 0 Å². The average molecular weight is 220 g/mol. The van der Waals surface area contributed by atoms with Crippen LogP contribution < -0.4 is 4.74 Å². The van der Waals surface area contributed by atoms with Gasteiger partial charge in [0.05, 0.1) is 5.41 Å². The molecule has 86 valence electrons. The third kappa shape index (κ3) is 3.19. The first-order valence-corrected chi connectivity index (χ1v) is 5.14. The van der Waals surface area contributed by atoms with Crippen molar-refractivity contribution >= 4 is 11.8 Å². The van der Waals surface area contributed by atoms with E-state index in [9.17, 15) is 9.59 Å². The van der Waals surface area contributed by atoms with Gasteiger partial charge in [0, 0.05) is 5.56 Å². The fraction of sp³-hybridized carbons (Fsp3) is 0.385. The van der Waals surface area contributed by atoms with Crippen LogP contribution in [0.1, 0.15) is 38.1 Å². The number of Topliss-reactive ketones (excluding diaryl/α,β-unsaturated/α-hetero) is 1. The van der Waals surface area contributed by atoms with Crippen LogP contribution in [0.15, 0.2) is 24.3 Å². The van der Waals surface area contributed by atoms with E-state index in [1.807, 2.05) is 0 Å². The molecule has 0 aliphatic rings. The minimum Gasteiger partial charge on any atom is -0.426 e. The summed E-state index contributed by atoms with van der Waals surface area (Å²) in [6, 6.07) is 6.63. The Kier molecular flexibility index (Phi) is 3.48. The number of carbonyl (C=O) groups is 2. The van der Waals surface area contributed by atoms with Gasteiger partial charge in [-0.05, 0) is 39.8 Å². The quantitative estimate of drug-likeness (QED) is 0.437. The maximum Gasteiger partial charge on any atom is 0.316 e. The summed E-state index contributed by atoms with van der Waals surface area (Å²) in [5.74, 6) is 0.0504. The zero-order valence-electron chi connectivity index (χ0n) is 10.0. The zero-order valence-corrected chi connectivity index (χ0v) is 10.0. The number of esters is 1. The molecular weight excluding hydrogens is 204 g/mol. The van der Waals surface area contributed by atoms with Gasteiger partial charge in [0.15, 0.2) is 5.78 Å². The van der Waals surface area contributed by atoms with Crippen LogP contribution in [0.4, 0.5) is 0 Å². The number of benzene rings is 1. The molecule has 3 heteroatoms. The summed E-state index contributed by atoms with van der Waals surface area (Å²) in [5.41, 5.74) is -0.00844. The molecule has 3 nitrogen and oxygen atoms in total. The van der Waals surface area contributed by atoms with Crippen LogP contribution in [-0.4, -0.2) is 11.8 Å². The molecule has 0 spiro atoms. The number of ketones is 1. The van der Waals surface area contributed by atoms with Gasteiger partial charge < -0.3 is 4.74 Å². The van der Waals surface area contributed by atoms with Crippen molar-refractivity contribution in [3.63, 3.8) is 0 Å². The van der Waals surface area contributed by atoms with Gasteiger partial charge >= 0.3 is 5.97 Å². The highest BCUT2D eigenvalue weighted by atomic mass is 16.5. The summed E-state index contributed by atoms with van der Waals surface area (Å²) in [7, 11) is 0. The predicted molar refractivity (Wildman–Crippen MR) is 61.5 cm³/mol. The van der Waals surface area contributed by atoms with Crippen molar-refractivity contribution in [1.29, 1.82) is 0 Å². The lowest BCUT2D eigenvalue weighted by Crippen LogP contribution is -2.25. The van der Waals surface area contributed by atoms with Crippen molar-refractivity contribution in [2.45, 2.75) is 27.7 Å². The smallest absolute Gasteiger partial charge is 0.316 e. The molecule has 0 atom stereocenters. The highest BCUT2D eigenvalue weighted by molar-refractivity contribution is 5.94. The number of hydrogen-bond acceptors (Lipinski definition) is 3. The third-order valence-corrected chi connectivity index (χ3v) is 2.06. The SMILES string of the molecule is CC(=O)c1cccc(OC(=O)C(C)(C)C)c1. The number of ether oxygens (including phenoxy) is 1. The molecule has 0 aromatic heterocycles. The second-order valence-corrected chi connectivity index (χ2v) is 4.72. The van der Waals surface area contributed by atoms with E-state index in [2.05, 4.69) is 0 Å². The van der Waals surface area contributed by atoms with Crippen molar-refractivity contribution in [2.24, 2.45) is 5.41 Å². The van der Waals surface area contributed by atoms with Crippen molar-refractivity contribution in [3.8, 4) is 5.75 Å².